The van der Waals surface area contributed by atoms with Gasteiger partial charge in [-0.1, -0.05) is 121 Å². The fourth-order valence-corrected chi connectivity index (χ4v) is 6.90. The monoisotopic (exact) mass is 640 g/mol. The van der Waals surface area contributed by atoms with Crippen LogP contribution in [0.5, 0.6) is 0 Å². The van der Waals surface area contributed by atoms with Gasteiger partial charge in [0.2, 0.25) is 0 Å². The van der Waals surface area contributed by atoms with Gasteiger partial charge in [-0.2, -0.15) is 0 Å². The van der Waals surface area contributed by atoms with Crippen molar-refractivity contribution in [1.29, 1.82) is 0 Å². The Kier molecular flexibility index (Phi) is 9.88. The predicted octanol–water partition coefficient (Wildman–Crippen LogP) is 7.94. The fraction of sp³-hybridized carbons (Fsp3) is 0.293. The van der Waals surface area contributed by atoms with E-state index >= 15 is 0 Å². The summed E-state index contributed by atoms with van der Waals surface area (Å²) in [5.41, 5.74) is 3.33. The summed E-state index contributed by atoms with van der Waals surface area (Å²) in [6.07, 6.45) is 4.02. The van der Waals surface area contributed by atoms with Crippen LogP contribution in [-0.4, -0.2) is 56.5 Å². The van der Waals surface area contributed by atoms with Gasteiger partial charge in [0.25, 0.3) is 0 Å². The van der Waals surface area contributed by atoms with E-state index in [1.165, 1.54) is 5.56 Å². The van der Waals surface area contributed by atoms with Crippen molar-refractivity contribution in [3.63, 3.8) is 0 Å². The van der Waals surface area contributed by atoms with Gasteiger partial charge in [0.1, 0.15) is 11.1 Å². The molecule has 0 saturated carbocycles. The zero-order valence-electron chi connectivity index (χ0n) is 28.0. The van der Waals surface area contributed by atoms with Crippen molar-refractivity contribution in [3.8, 4) is 0 Å². The minimum Gasteiger partial charge on any atom is -0.444 e. The van der Waals surface area contributed by atoms with Crippen LogP contribution in [0, 0.1) is 0 Å². The molecule has 48 heavy (non-hydrogen) atoms. The molecule has 6 rings (SSSR count). The molecule has 0 aliphatic carbocycles. The van der Waals surface area contributed by atoms with Gasteiger partial charge in [-0.25, -0.2) is 9.78 Å². The molecule has 246 valence electrons. The molecule has 7 heteroatoms. The smallest absolute Gasteiger partial charge is 0.410 e. The minimum absolute atomic E-state index is 0.0289. The van der Waals surface area contributed by atoms with Gasteiger partial charge in [-0.15, -0.1) is 0 Å². The lowest BCUT2D eigenvalue weighted by Gasteiger charge is -2.39. The van der Waals surface area contributed by atoms with Crippen LogP contribution in [0.25, 0.3) is 0 Å². The second-order valence-electron chi connectivity index (χ2n) is 13.5. The van der Waals surface area contributed by atoms with Crippen molar-refractivity contribution in [2.45, 2.75) is 63.9 Å². The molecule has 0 bridgehead atoms. The molecule has 0 radical (unpaired) electrons. The Morgan fingerprint density at radius 1 is 0.792 bits per heavy atom. The molecule has 1 fully saturated rings. The first-order valence-corrected chi connectivity index (χ1v) is 16.7. The number of benzene rings is 4. The molecule has 2 heterocycles. The Labute approximate surface area is 283 Å². The van der Waals surface area contributed by atoms with Crippen molar-refractivity contribution in [2.75, 3.05) is 13.1 Å². The molecule has 0 unspecified atom stereocenters. The Balaban J connectivity index is 1.39. The topological polar surface area (TPSA) is 67.7 Å². The number of carbonyl (C=O) groups excluding carboxylic acids is 2. The summed E-state index contributed by atoms with van der Waals surface area (Å²) in [5.74, 6) is 0.281. The van der Waals surface area contributed by atoms with E-state index in [9.17, 15) is 9.59 Å². The zero-order valence-corrected chi connectivity index (χ0v) is 28.0. The molecule has 1 aliphatic rings. The Morgan fingerprint density at radius 2 is 1.27 bits per heavy atom. The van der Waals surface area contributed by atoms with Crippen LogP contribution < -0.4 is 0 Å². The highest BCUT2D eigenvalue weighted by atomic mass is 16.6. The number of aldehydes is 1. The maximum atomic E-state index is 13.8. The average Bonchev–Trinajstić information content (AvgIpc) is 3.52. The number of hydrogen-bond donors (Lipinski definition) is 0. The second-order valence-corrected chi connectivity index (χ2v) is 13.5. The standard InChI is InChI=1S/C41H44N4O3/c1-40(2,3)48-39(47)44(37-24-26-43(27-25-37)28-32-16-8-4-9-17-32)29-36-30-45(38(31-46)42-36)41(33-18-10-5-11-19-33,34-20-12-6-13-21-34)35-22-14-7-15-23-35/h4-23,30-31,37H,24-29H2,1-3H3. The lowest BCUT2D eigenvalue weighted by molar-refractivity contribution is 0.00508. The Bertz CT molecular complexity index is 1680. The SMILES string of the molecule is CC(C)(C)OC(=O)N(Cc1cn(C(c2ccccc2)(c2ccccc2)c2ccccc2)c(C=O)n1)C1CCN(Cc2ccccc2)CC1. The molecule has 0 atom stereocenters. The Hall–Kier alpha value is -5.01. The zero-order chi connectivity index (χ0) is 33.6. The van der Waals surface area contributed by atoms with E-state index in [2.05, 4.69) is 65.6 Å². The summed E-state index contributed by atoms with van der Waals surface area (Å²) >= 11 is 0. The normalized spacial score (nSPS) is 14.4. The number of aromatic nitrogens is 2. The highest BCUT2D eigenvalue weighted by Gasteiger charge is 2.41. The van der Waals surface area contributed by atoms with E-state index < -0.39 is 11.1 Å². The molecule has 0 N–H and O–H groups in total. The number of piperidine rings is 1. The predicted molar refractivity (Wildman–Crippen MR) is 189 cm³/mol. The van der Waals surface area contributed by atoms with Crippen LogP contribution in [0.15, 0.2) is 128 Å². The third-order valence-electron chi connectivity index (χ3n) is 9.03. The number of amides is 1. The van der Waals surface area contributed by atoms with Crippen molar-refractivity contribution in [1.82, 2.24) is 19.4 Å². The number of likely N-dealkylation sites (tertiary alicyclic amines) is 1. The van der Waals surface area contributed by atoms with Crippen LogP contribution in [-0.2, 0) is 23.4 Å². The summed E-state index contributed by atoms with van der Waals surface area (Å²) in [7, 11) is 0. The molecule has 4 aromatic carbocycles. The Morgan fingerprint density at radius 3 is 1.73 bits per heavy atom. The second kappa shape index (κ2) is 14.4. The summed E-state index contributed by atoms with van der Waals surface area (Å²) < 4.78 is 7.93. The number of carbonyl (C=O) groups is 2. The number of nitrogens with zero attached hydrogens (tertiary/aromatic N) is 4. The third-order valence-corrected chi connectivity index (χ3v) is 9.03. The fourth-order valence-electron chi connectivity index (χ4n) is 6.90. The maximum absolute atomic E-state index is 13.8. The molecule has 1 saturated heterocycles. The van der Waals surface area contributed by atoms with Crippen LogP contribution in [0.2, 0.25) is 0 Å². The highest BCUT2D eigenvalue weighted by molar-refractivity contribution is 5.72. The average molecular weight is 641 g/mol. The molecule has 0 spiro atoms. The van der Waals surface area contributed by atoms with Gasteiger partial charge < -0.3 is 9.30 Å². The van der Waals surface area contributed by atoms with E-state index in [1.807, 2.05) is 97.1 Å². The molecular weight excluding hydrogens is 596 g/mol. The van der Waals surface area contributed by atoms with Gasteiger partial charge in [-0.05, 0) is 55.9 Å². The summed E-state index contributed by atoms with van der Waals surface area (Å²) in [6, 6.07) is 41.1. The lowest BCUT2D eigenvalue weighted by Crippen LogP contribution is -2.48. The van der Waals surface area contributed by atoms with Gasteiger partial charge in [0.15, 0.2) is 12.1 Å². The quantitative estimate of drug-likeness (QED) is 0.115. The van der Waals surface area contributed by atoms with Gasteiger partial charge in [-0.3, -0.25) is 14.6 Å². The first-order chi connectivity index (χ1) is 23.3. The number of imidazole rings is 1. The molecule has 5 aromatic rings. The summed E-state index contributed by atoms with van der Waals surface area (Å²) in [5, 5.41) is 0. The highest BCUT2D eigenvalue weighted by Crippen LogP contribution is 2.41. The van der Waals surface area contributed by atoms with E-state index in [-0.39, 0.29) is 24.5 Å². The summed E-state index contributed by atoms with van der Waals surface area (Å²) in [6.45, 7) is 8.50. The number of hydrogen-bond acceptors (Lipinski definition) is 5. The first-order valence-electron chi connectivity index (χ1n) is 16.7. The van der Waals surface area contributed by atoms with E-state index in [4.69, 9.17) is 9.72 Å². The van der Waals surface area contributed by atoms with Crippen molar-refractivity contribution in [3.05, 3.63) is 161 Å². The minimum atomic E-state index is -0.898. The van der Waals surface area contributed by atoms with Gasteiger partial charge in [0, 0.05) is 31.9 Å². The molecular formula is C41H44N4O3. The first kappa shape index (κ1) is 32.9. The maximum Gasteiger partial charge on any atom is 0.410 e. The van der Waals surface area contributed by atoms with Gasteiger partial charge in [0.05, 0.1) is 12.2 Å². The van der Waals surface area contributed by atoms with Crippen molar-refractivity contribution < 1.29 is 14.3 Å². The number of rotatable bonds is 10. The van der Waals surface area contributed by atoms with E-state index in [0.717, 1.165) is 55.5 Å². The molecule has 1 aliphatic heterocycles. The third kappa shape index (κ3) is 7.11. The van der Waals surface area contributed by atoms with Crippen molar-refractivity contribution >= 4 is 12.4 Å². The largest absolute Gasteiger partial charge is 0.444 e. The van der Waals surface area contributed by atoms with Crippen LogP contribution in [0.1, 0.15) is 72.2 Å². The number of ether oxygens (including phenoxy) is 1. The van der Waals surface area contributed by atoms with Gasteiger partial charge >= 0.3 is 6.09 Å². The van der Waals surface area contributed by atoms with E-state index in [1.54, 1.807) is 0 Å². The molecule has 1 aromatic heterocycles. The van der Waals surface area contributed by atoms with Crippen LogP contribution >= 0.6 is 0 Å². The lowest BCUT2D eigenvalue weighted by atomic mass is 9.76. The van der Waals surface area contributed by atoms with Crippen molar-refractivity contribution in [2.24, 2.45) is 0 Å². The van der Waals surface area contributed by atoms with E-state index in [0.29, 0.717) is 5.69 Å². The molecule has 1 amide bonds. The molecule has 7 nitrogen and oxygen atoms in total. The summed E-state index contributed by atoms with van der Waals surface area (Å²) in [4.78, 5) is 35.9. The van der Waals surface area contributed by atoms with Crippen LogP contribution in [0.3, 0.4) is 0 Å². The van der Waals surface area contributed by atoms with Crippen LogP contribution in [0.4, 0.5) is 4.79 Å².